The minimum Gasteiger partial charge on any atom is -0.489 e. The molecule has 42 heavy (non-hydrogen) atoms. The lowest BCUT2D eigenvalue weighted by Gasteiger charge is -2.35. The van der Waals surface area contributed by atoms with E-state index in [1.165, 1.54) is 4.90 Å². The molecule has 0 aromatic heterocycles. The maximum absolute atomic E-state index is 13.0. The first-order valence-electron chi connectivity index (χ1n) is 13.4. The molecule has 3 amide bonds. The Morgan fingerprint density at radius 2 is 1.69 bits per heavy atom. The number of imide groups is 1. The molecule has 10 nitrogen and oxygen atoms in total. The van der Waals surface area contributed by atoms with Crippen molar-refractivity contribution >= 4 is 39.7 Å². The van der Waals surface area contributed by atoms with Gasteiger partial charge in [0.05, 0.1) is 6.54 Å². The number of fused-ring (bicyclic) bond motifs is 1. The molecule has 1 atom stereocenters. The van der Waals surface area contributed by atoms with Crippen LogP contribution >= 0.6 is 11.8 Å². The molecule has 2 fully saturated rings. The number of halogens is 3. The Morgan fingerprint density at radius 1 is 1.00 bits per heavy atom. The van der Waals surface area contributed by atoms with Crippen LogP contribution in [0.3, 0.4) is 0 Å². The number of rotatable bonds is 6. The first-order chi connectivity index (χ1) is 20.0. The average molecular weight is 603 g/mol. The number of nitrogens with zero attached hydrogens (tertiary/aromatic N) is 3. The van der Waals surface area contributed by atoms with Crippen molar-refractivity contribution in [2.24, 2.45) is 0 Å². The summed E-state index contributed by atoms with van der Waals surface area (Å²) in [7, 11) is 0. The number of amidine groups is 1. The van der Waals surface area contributed by atoms with E-state index in [4.69, 9.17) is 15.6 Å². The molecular formula is C28H29F3N6O4S. The molecule has 0 bridgehead atoms. The fourth-order valence-electron chi connectivity index (χ4n) is 5.18. The number of nitrogens with one attached hydrogen (secondary N) is 3. The van der Waals surface area contributed by atoms with Crippen LogP contribution in [0.15, 0.2) is 42.5 Å². The van der Waals surface area contributed by atoms with Crippen LogP contribution in [0.25, 0.3) is 0 Å². The Morgan fingerprint density at radius 3 is 2.36 bits per heavy atom. The highest BCUT2D eigenvalue weighted by atomic mass is 32.2. The second-order valence-corrected chi connectivity index (χ2v) is 11.3. The summed E-state index contributed by atoms with van der Waals surface area (Å²) in [6, 6.07) is 12.4. The fourth-order valence-corrected chi connectivity index (χ4v) is 5.80. The summed E-state index contributed by atoms with van der Waals surface area (Å²) in [4.78, 5) is 42.1. The van der Waals surface area contributed by atoms with Gasteiger partial charge in [-0.3, -0.25) is 35.4 Å². The highest BCUT2D eigenvalue weighted by molar-refractivity contribution is 8.26. The molecule has 5 rings (SSSR count). The summed E-state index contributed by atoms with van der Waals surface area (Å²) in [5, 5.41) is 15.5. The maximum Gasteiger partial charge on any atom is 0.439 e. The molecule has 0 spiro atoms. The number of carbonyl (C=O) groups excluding carboxylic acids is 3. The summed E-state index contributed by atoms with van der Waals surface area (Å²) < 4.78 is 43.9. The standard InChI is InChI=1S/C28H29F3N6O4S/c29-28(30,31)26(32)42-27(33)36-12-10-35(11-13-36)14-17-4-6-18(7-5-17)16-41-22-3-1-2-19-20(22)15-37(25(19)40)21-8-9-23(38)34-24(21)39/h1-7,21,32-33H,8-16H2,(H,34,38,39). The third-order valence-corrected chi connectivity index (χ3v) is 8.37. The smallest absolute Gasteiger partial charge is 0.439 e. The van der Waals surface area contributed by atoms with Crippen LogP contribution in [-0.2, 0) is 29.3 Å². The van der Waals surface area contributed by atoms with Crippen molar-refractivity contribution in [3.63, 3.8) is 0 Å². The molecule has 0 radical (unpaired) electrons. The second kappa shape index (κ2) is 12.1. The highest BCUT2D eigenvalue weighted by Crippen LogP contribution is 2.34. The van der Waals surface area contributed by atoms with E-state index < -0.39 is 23.2 Å². The van der Waals surface area contributed by atoms with Crippen LogP contribution in [0.4, 0.5) is 13.2 Å². The average Bonchev–Trinajstić information content (AvgIpc) is 3.29. The predicted molar refractivity (Wildman–Crippen MR) is 149 cm³/mol. The number of piperazine rings is 1. The van der Waals surface area contributed by atoms with E-state index >= 15 is 0 Å². The largest absolute Gasteiger partial charge is 0.489 e. The van der Waals surface area contributed by atoms with Crippen molar-refractivity contribution < 1.29 is 32.3 Å². The number of thioether (sulfide) groups is 1. The monoisotopic (exact) mass is 602 g/mol. The number of amides is 3. The van der Waals surface area contributed by atoms with Gasteiger partial charge in [0.1, 0.15) is 18.4 Å². The summed E-state index contributed by atoms with van der Waals surface area (Å²) in [5.74, 6) is -0.490. The van der Waals surface area contributed by atoms with Gasteiger partial charge in [0.25, 0.3) is 5.91 Å². The van der Waals surface area contributed by atoms with Crippen LogP contribution in [0.2, 0.25) is 0 Å². The lowest BCUT2D eigenvalue weighted by atomic mass is 10.0. The normalized spacial score (nSPS) is 19.5. The van der Waals surface area contributed by atoms with Gasteiger partial charge < -0.3 is 14.5 Å². The Balaban J connectivity index is 1.11. The molecule has 3 heterocycles. The van der Waals surface area contributed by atoms with Gasteiger partial charge in [-0.2, -0.15) is 13.2 Å². The highest BCUT2D eigenvalue weighted by Gasteiger charge is 2.40. The van der Waals surface area contributed by atoms with Gasteiger partial charge in [0.15, 0.2) is 10.2 Å². The van der Waals surface area contributed by atoms with Gasteiger partial charge in [-0.25, -0.2) is 0 Å². The molecule has 2 aromatic carbocycles. The minimum atomic E-state index is -4.74. The van der Waals surface area contributed by atoms with Crippen molar-refractivity contribution in [3.8, 4) is 5.75 Å². The summed E-state index contributed by atoms with van der Waals surface area (Å²) in [6.45, 7) is 3.14. The van der Waals surface area contributed by atoms with Gasteiger partial charge >= 0.3 is 6.18 Å². The molecular weight excluding hydrogens is 573 g/mol. The molecule has 0 saturated carbocycles. The Bertz CT molecular complexity index is 1410. The van der Waals surface area contributed by atoms with E-state index in [0.29, 0.717) is 56.0 Å². The molecule has 3 N–H and O–H groups in total. The zero-order valence-corrected chi connectivity index (χ0v) is 23.3. The van der Waals surface area contributed by atoms with Crippen molar-refractivity contribution in [2.45, 2.75) is 44.8 Å². The third-order valence-electron chi connectivity index (χ3n) is 7.48. The molecule has 14 heteroatoms. The zero-order valence-electron chi connectivity index (χ0n) is 22.5. The summed E-state index contributed by atoms with van der Waals surface area (Å²) in [5.41, 5.74) is 3.18. The molecule has 0 aliphatic carbocycles. The number of alkyl halides is 3. The van der Waals surface area contributed by atoms with Crippen molar-refractivity contribution in [2.75, 3.05) is 26.2 Å². The van der Waals surface area contributed by atoms with Gasteiger partial charge in [-0.1, -0.05) is 30.3 Å². The van der Waals surface area contributed by atoms with Crippen LogP contribution in [0, 0.1) is 10.8 Å². The molecule has 2 aromatic rings. The van der Waals surface area contributed by atoms with E-state index in [0.717, 1.165) is 11.1 Å². The summed E-state index contributed by atoms with van der Waals surface area (Å²) in [6.07, 6.45) is -4.26. The molecule has 3 aliphatic heterocycles. The van der Waals surface area contributed by atoms with E-state index in [1.807, 2.05) is 24.3 Å². The van der Waals surface area contributed by atoms with Gasteiger partial charge in [0.2, 0.25) is 11.8 Å². The van der Waals surface area contributed by atoms with Crippen molar-refractivity contribution in [1.82, 2.24) is 20.0 Å². The second-order valence-electron chi connectivity index (χ2n) is 10.3. The predicted octanol–water partition coefficient (Wildman–Crippen LogP) is 3.35. The molecule has 2 saturated heterocycles. The van der Waals surface area contributed by atoms with Gasteiger partial charge in [-0.15, -0.1) is 0 Å². The number of ether oxygens (including phenoxy) is 1. The molecule has 222 valence electrons. The number of benzene rings is 2. The molecule has 3 aliphatic rings. The summed E-state index contributed by atoms with van der Waals surface area (Å²) >= 11 is 0.127. The van der Waals surface area contributed by atoms with E-state index in [9.17, 15) is 27.6 Å². The SMILES string of the molecule is N=C(SC(=N)C(F)(F)F)N1CCN(Cc2ccc(COc3cccc4c3CN(C3CCC(=O)NC3=O)C4=O)cc2)CC1. The lowest BCUT2D eigenvalue weighted by molar-refractivity contribution is -0.136. The first-order valence-corrected chi connectivity index (χ1v) is 14.2. The Labute approximate surface area is 244 Å². The topological polar surface area (TPSA) is 130 Å². The van der Waals surface area contributed by atoms with Crippen molar-refractivity contribution in [1.29, 1.82) is 10.8 Å². The number of hydrogen-bond acceptors (Lipinski definition) is 8. The Hall–Kier alpha value is -3.91. The van der Waals surface area contributed by atoms with Gasteiger partial charge in [0, 0.05) is 50.3 Å². The van der Waals surface area contributed by atoms with E-state index in [1.54, 1.807) is 23.1 Å². The van der Waals surface area contributed by atoms with Crippen LogP contribution < -0.4 is 10.1 Å². The van der Waals surface area contributed by atoms with E-state index in [-0.39, 0.29) is 48.3 Å². The third kappa shape index (κ3) is 6.59. The van der Waals surface area contributed by atoms with Crippen LogP contribution in [0.1, 0.15) is 39.9 Å². The quantitative estimate of drug-likeness (QED) is 0.263. The Kier molecular flexibility index (Phi) is 8.55. The van der Waals surface area contributed by atoms with Crippen LogP contribution in [-0.4, -0.2) is 81.0 Å². The molecule has 1 unspecified atom stereocenters. The zero-order chi connectivity index (χ0) is 30.0. The fraction of sp³-hybridized carbons (Fsp3) is 0.393. The van der Waals surface area contributed by atoms with E-state index in [2.05, 4.69) is 10.2 Å². The number of carbonyl (C=O) groups is 3. The van der Waals surface area contributed by atoms with Crippen molar-refractivity contribution in [3.05, 3.63) is 64.7 Å². The lowest BCUT2D eigenvalue weighted by Crippen LogP contribution is -2.52. The number of hydrogen-bond donors (Lipinski definition) is 3. The number of piperidine rings is 1. The van der Waals surface area contributed by atoms with Gasteiger partial charge in [-0.05, 0) is 41.4 Å². The minimum absolute atomic E-state index is 0.127. The maximum atomic E-state index is 13.0. The first kappa shape index (κ1) is 29.6. The van der Waals surface area contributed by atoms with Crippen LogP contribution in [0.5, 0.6) is 5.75 Å².